The largest absolute Gasteiger partial charge is 0.416 e. The number of benzene rings is 2. The molecule has 2 aromatic carbocycles. The summed E-state index contributed by atoms with van der Waals surface area (Å²) < 4.78 is 41.3. The SMILES string of the molecule is CCCCCCCCSC(/C=C(\c1ccccc1)C(F)(F)F)c1ccccc1. The van der Waals surface area contributed by atoms with Gasteiger partial charge in [0.25, 0.3) is 0 Å². The minimum atomic E-state index is -4.38. The molecule has 4 heteroatoms. The highest BCUT2D eigenvalue weighted by Gasteiger charge is 2.35. The molecule has 0 fully saturated rings. The van der Waals surface area contributed by atoms with Crippen LogP contribution in [0, 0.1) is 0 Å². The second-order valence-electron chi connectivity index (χ2n) is 6.91. The molecule has 0 heterocycles. The molecule has 0 aliphatic rings. The Kier molecular flexibility index (Phi) is 9.69. The first kappa shape index (κ1) is 22.6. The molecule has 0 bridgehead atoms. The van der Waals surface area contributed by atoms with Gasteiger partial charge in [-0.05, 0) is 23.3 Å². The van der Waals surface area contributed by atoms with Crippen LogP contribution in [-0.4, -0.2) is 11.9 Å². The monoisotopic (exact) mass is 406 g/mol. The summed E-state index contributed by atoms with van der Waals surface area (Å²) in [5.74, 6) is 0.863. The lowest BCUT2D eigenvalue weighted by molar-refractivity contribution is -0.0690. The zero-order valence-electron chi connectivity index (χ0n) is 16.4. The molecule has 0 spiro atoms. The van der Waals surface area contributed by atoms with Gasteiger partial charge in [-0.15, -0.1) is 11.8 Å². The van der Waals surface area contributed by atoms with Gasteiger partial charge in [0.1, 0.15) is 0 Å². The minimum Gasteiger partial charge on any atom is -0.166 e. The van der Waals surface area contributed by atoms with Crippen LogP contribution in [-0.2, 0) is 0 Å². The molecule has 0 N–H and O–H groups in total. The Morgan fingerprint density at radius 2 is 1.43 bits per heavy atom. The number of thioether (sulfide) groups is 1. The van der Waals surface area contributed by atoms with Crippen molar-refractivity contribution < 1.29 is 13.2 Å². The van der Waals surface area contributed by atoms with Crippen LogP contribution in [0.4, 0.5) is 13.2 Å². The van der Waals surface area contributed by atoms with Gasteiger partial charge < -0.3 is 0 Å². The molecular weight excluding hydrogens is 377 g/mol. The molecule has 0 nitrogen and oxygen atoms in total. The smallest absolute Gasteiger partial charge is 0.166 e. The number of hydrogen-bond acceptors (Lipinski definition) is 1. The number of halogens is 3. The second-order valence-corrected chi connectivity index (χ2v) is 8.16. The highest BCUT2D eigenvalue weighted by molar-refractivity contribution is 7.99. The van der Waals surface area contributed by atoms with Crippen LogP contribution < -0.4 is 0 Å². The first-order chi connectivity index (χ1) is 13.5. The average Bonchev–Trinajstić information content (AvgIpc) is 2.70. The molecule has 152 valence electrons. The van der Waals surface area contributed by atoms with E-state index >= 15 is 0 Å². The number of rotatable bonds is 11. The van der Waals surface area contributed by atoms with Crippen molar-refractivity contribution in [3.05, 3.63) is 77.9 Å². The van der Waals surface area contributed by atoms with Crippen molar-refractivity contribution in [3.63, 3.8) is 0 Å². The maximum atomic E-state index is 13.8. The molecular formula is C24H29F3S. The van der Waals surface area contributed by atoms with E-state index in [0.717, 1.165) is 24.2 Å². The normalized spacial score (nSPS) is 13.5. The summed E-state index contributed by atoms with van der Waals surface area (Å²) in [5.41, 5.74) is 0.574. The third kappa shape index (κ3) is 7.75. The summed E-state index contributed by atoms with van der Waals surface area (Å²) in [5, 5.41) is -0.311. The van der Waals surface area contributed by atoms with E-state index in [1.807, 2.05) is 30.3 Å². The standard InChI is InChI=1S/C24H29F3S/c1-2-3-4-5-6-13-18-28-23(21-16-11-8-12-17-21)19-22(24(25,26)27)20-14-9-7-10-15-20/h7-12,14-17,19,23H,2-6,13,18H2,1H3/b22-19+. The molecule has 0 aliphatic heterocycles. The summed E-state index contributed by atoms with van der Waals surface area (Å²) in [6, 6.07) is 17.6. The third-order valence-electron chi connectivity index (χ3n) is 4.63. The average molecular weight is 407 g/mol. The molecule has 0 saturated carbocycles. The van der Waals surface area contributed by atoms with E-state index in [2.05, 4.69) is 6.92 Å². The van der Waals surface area contributed by atoms with E-state index in [9.17, 15) is 13.2 Å². The predicted molar refractivity (Wildman–Crippen MR) is 115 cm³/mol. The first-order valence-electron chi connectivity index (χ1n) is 10.0. The Morgan fingerprint density at radius 1 is 0.857 bits per heavy atom. The number of unbranched alkanes of at least 4 members (excludes halogenated alkanes) is 5. The molecule has 0 saturated heterocycles. The van der Waals surface area contributed by atoms with Crippen LogP contribution in [0.2, 0.25) is 0 Å². The summed E-state index contributed by atoms with van der Waals surface area (Å²) in [7, 11) is 0. The number of hydrogen-bond donors (Lipinski definition) is 0. The highest BCUT2D eigenvalue weighted by atomic mass is 32.2. The van der Waals surface area contributed by atoms with Gasteiger partial charge in [0.15, 0.2) is 0 Å². The molecule has 2 rings (SSSR count). The molecule has 0 aliphatic carbocycles. The molecule has 0 amide bonds. The summed E-state index contributed by atoms with van der Waals surface area (Å²) >= 11 is 1.60. The van der Waals surface area contributed by atoms with Crippen LogP contribution in [0.3, 0.4) is 0 Å². The van der Waals surface area contributed by atoms with E-state index in [0.29, 0.717) is 0 Å². The van der Waals surface area contributed by atoms with Crippen molar-refractivity contribution in [2.45, 2.75) is 56.9 Å². The number of allylic oxidation sites excluding steroid dienone is 1. The van der Waals surface area contributed by atoms with Crippen LogP contribution in [0.5, 0.6) is 0 Å². The number of alkyl halides is 3. The predicted octanol–water partition coefficient (Wildman–Crippen LogP) is 8.47. The van der Waals surface area contributed by atoms with E-state index in [1.165, 1.54) is 43.9 Å². The van der Waals surface area contributed by atoms with E-state index in [-0.39, 0.29) is 10.8 Å². The van der Waals surface area contributed by atoms with Crippen LogP contribution in [0.15, 0.2) is 66.7 Å². The molecule has 0 radical (unpaired) electrons. The topological polar surface area (TPSA) is 0 Å². The zero-order valence-corrected chi connectivity index (χ0v) is 17.2. The summed E-state index contributed by atoms with van der Waals surface area (Å²) in [4.78, 5) is 0. The Balaban J connectivity index is 2.15. The quantitative estimate of drug-likeness (QED) is 0.337. The van der Waals surface area contributed by atoms with Crippen molar-refractivity contribution in [3.8, 4) is 0 Å². The van der Waals surface area contributed by atoms with Crippen molar-refractivity contribution in [2.24, 2.45) is 0 Å². The van der Waals surface area contributed by atoms with Crippen molar-refractivity contribution in [1.29, 1.82) is 0 Å². The van der Waals surface area contributed by atoms with Crippen LogP contribution in [0.25, 0.3) is 5.57 Å². The van der Waals surface area contributed by atoms with E-state index < -0.39 is 11.7 Å². The lowest BCUT2D eigenvalue weighted by Gasteiger charge is -2.18. The van der Waals surface area contributed by atoms with Crippen molar-refractivity contribution in [2.75, 3.05) is 5.75 Å². The van der Waals surface area contributed by atoms with E-state index in [1.54, 1.807) is 30.0 Å². The van der Waals surface area contributed by atoms with Crippen molar-refractivity contribution in [1.82, 2.24) is 0 Å². The van der Waals surface area contributed by atoms with Gasteiger partial charge in [-0.2, -0.15) is 13.2 Å². The molecule has 1 unspecified atom stereocenters. The Labute approximate surface area is 171 Å². The Morgan fingerprint density at radius 3 is 2.04 bits per heavy atom. The lowest BCUT2D eigenvalue weighted by Crippen LogP contribution is -2.12. The summed E-state index contributed by atoms with van der Waals surface area (Å²) in [6.45, 7) is 2.19. The molecule has 0 aromatic heterocycles. The minimum absolute atomic E-state index is 0.219. The van der Waals surface area contributed by atoms with Gasteiger partial charge in [0.2, 0.25) is 0 Å². The summed E-state index contributed by atoms with van der Waals surface area (Å²) in [6.07, 6.45) is 4.13. The van der Waals surface area contributed by atoms with Gasteiger partial charge in [-0.1, -0.05) is 106 Å². The van der Waals surface area contributed by atoms with Gasteiger partial charge in [-0.3, -0.25) is 0 Å². The fourth-order valence-electron chi connectivity index (χ4n) is 3.10. The first-order valence-corrected chi connectivity index (χ1v) is 11.1. The van der Waals surface area contributed by atoms with E-state index in [4.69, 9.17) is 0 Å². The highest BCUT2D eigenvalue weighted by Crippen LogP contribution is 2.40. The third-order valence-corrected chi connectivity index (χ3v) is 5.92. The molecule has 28 heavy (non-hydrogen) atoms. The maximum absolute atomic E-state index is 13.8. The van der Waals surface area contributed by atoms with Crippen LogP contribution in [0.1, 0.15) is 61.8 Å². The van der Waals surface area contributed by atoms with Gasteiger partial charge in [0.05, 0.1) is 5.57 Å². The Hall–Kier alpha value is -1.68. The second kappa shape index (κ2) is 12.0. The van der Waals surface area contributed by atoms with Gasteiger partial charge >= 0.3 is 6.18 Å². The Bertz CT molecular complexity index is 693. The maximum Gasteiger partial charge on any atom is 0.416 e. The fourth-order valence-corrected chi connectivity index (χ4v) is 4.31. The lowest BCUT2D eigenvalue weighted by atomic mass is 10.0. The van der Waals surface area contributed by atoms with Crippen molar-refractivity contribution >= 4 is 17.3 Å². The molecule has 1 atom stereocenters. The van der Waals surface area contributed by atoms with Gasteiger partial charge in [-0.25, -0.2) is 0 Å². The fraction of sp³-hybridized carbons (Fsp3) is 0.417. The zero-order chi connectivity index (χ0) is 20.2. The molecule has 2 aromatic rings. The van der Waals surface area contributed by atoms with Gasteiger partial charge in [0, 0.05) is 5.25 Å². The van der Waals surface area contributed by atoms with Crippen LogP contribution >= 0.6 is 11.8 Å².